The summed E-state index contributed by atoms with van der Waals surface area (Å²) in [5, 5.41) is 3.58. The third-order valence-electron chi connectivity index (χ3n) is 5.02. The van der Waals surface area contributed by atoms with Crippen LogP contribution in [0.25, 0.3) is 22.3 Å². The van der Waals surface area contributed by atoms with Crippen molar-refractivity contribution < 1.29 is 18.3 Å². The molecule has 0 saturated carbocycles. The molecule has 1 N–H and O–H groups in total. The number of hydrogen-bond donors (Lipinski definition) is 1. The number of benzene rings is 3. The first-order valence-corrected chi connectivity index (χ1v) is 10.7. The molecule has 4 rings (SSSR count). The molecule has 3 aromatic carbocycles. The van der Waals surface area contributed by atoms with Gasteiger partial charge in [-0.3, -0.25) is 9.59 Å². The summed E-state index contributed by atoms with van der Waals surface area (Å²) in [6, 6.07) is 15.3. The van der Waals surface area contributed by atoms with Gasteiger partial charge >= 0.3 is 0 Å². The SMILES string of the molecule is Cc1cc2oc(-c3ccccc3Cl)c(OC(C)C(=O)Nc3ccc(F)cc3)c(=O)c2cc1Cl. The maximum absolute atomic E-state index is 13.4. The molecule has 1 amide bonds. The fraction of sp³-hybridized carbons (Fsp3) is 0.120. The van der Waals surface area contributed by atoms with E-state index in [4.69, 9.17) is 32.4 Å². The molecule has 0 radical (unpaired) electrons. The molecule has 8 heteroatoms. The van der Waals surface area contributed by atoms with Crippen molar-refractivity contribution in [2.24, 2.45) is 0 Å². The second-order valence-electron chi connectivity index (χ2n) is 7.42. The molecule has 1 aromatic heterocycles. The number of ether oxygens (including phenoxy) is 1. The van der Waals surface area contributed by atoms with Gasteiger partial charge < -0.3 is 14.5 Å². The molecular weight excluding hydrogens is 468 g/mol. The number of carbonyl (C=O) groups is 1. The van der Waals surface area contributed by atoms with Crippen LogP contribution in [0.4, 0.5) is 10.1 Å². The summed E-state index contributed by atoms with van der Waals surface area (Å²) in [6.45, 7) is 3.28. The van der Waals surface area contributed by atoms with E-state index in [9.17, 15) is 14.0 Å². The minimum Gasteiger partial charge on any atom is -0.473 e. The van der Waals surface area contributed by atoms with Crippen LogP contribution >= 0.6 is 23.2 Å². The van der Waals surface area contributed by atoms with E-state index < -0.39 is 23.3 Å². The Morgan fingerprint density at radius 1 is 1.06 bits per heavy atom. The predicted octanol–water partition coefficient (Wildman–Crippen LogP) is 6.62. The van der Waals surface area contributed by atoms with E-state index in [-0.39, 0.29) is 16.9 Å². The summed E-state index contributed by atoms with van der Waals surface area (Å²) in [4.78, 5) is 26.1. The number of aryl methyl sites for hydroxylation is 1. The molecule has 0 bridgehead atoms. The van der Waals surface area contributed by atoms with Crippen LogP contribution in [-0.2, 0) is 4.79 Å². The van der Waals surface area contributed by atoms with Crippen molar-refractivity contribution >= 4 is 45.8 Å². The Bertz CT molecular complexity index is 1420. The van der Waals surface area contributed by atoms with Gasteiger partial charge in [-0.25, -0.2) is 4.39 Å². The average Bonchev–Trinajstić information content (AvgIpc) is 2.79. The molecule has 1 heterocycles. The number of fused-ring (bicyclic) bond motifs is 1. The van der Waals surface area contributed by atoms with Gasteiger partial charge in [0.25, 0.3) is 5.91 Å². The first kappa shape index (κ1) is 22.8. The van der Waals surface area contributed by atoms with Crippen LogP contribution in [-0.4, -0.2) is 12.0 Å². The van der Waals surface area contributed by atoms with Gasteiger partial charge in [-0.05, 0) is 67.9 Å². The second-order valence-corrected chi connectivity index (χ2v) is 8.24. The lowest BCUT2D eigenvalue weighted by Crippen LogP contribution is -2.31. The topological polar surface area (TPSA) is 68.5 Å². The minimum atomic E-state index is -1.09. The molecule has 0 aliphatic heterocycles. The first-order valence-electron chi connectivity index (χ1n) is 9.99. The standard InChI is InChI=1S/C25H18Cl2FNO4/c1-13-11-21-18(12-20(13)27)22(30)24(23(33-21)17-5-3-4-6-19(17)26)32-14(2)25(31)29-16-9-7-15(28)8-10-16/h3-12,14H,1-2H3,(H,29,31). The lowest BCUT2D eigenvalue weighted by atomic mass is 10.1. The van der Waals surface area contributed by atoms with E-state index in [1.165, 1.54) is 37.3 Å². The number of carbonyl (C=O) groups excluding carboxylic acids is 1. The fourth-order valence-corrected chi connectivity index (χ4v) is 3.62. The van der Waals surface area contributed by atoms with Gasteiger partial charge in [-0.15, -0.1) is 0 Å². The second kappa shape index (κ2) is 9.25. The summed E-state index contributed by atoms with van der Waals surface area (Å²) in [7, 11) is 0. The molecule has 4 aromatic rings. The van der Waals surface area contributed by atoms with Gasteiger partial charge in [-0.1, -0.05) is 35.3 Å². The molecule has 33 heavy (non-hydrogen) atoms. The largest absolute Gasteiger partial charge is 0.473 e. The smallest absolute Gasteiger partial charge is 0.265 e. The molecule has 1 unspecified atom stereocenters. The monoisotopic (exact) mass is 485 g/mol. The van der Waals surface area contributed by atoms with Crippen LogP contribution in [0.5, 0.6) is 5.75 Å². The number of amides is 1. The summed E-state index contributed by atoms with van der Waals surface area (Å²) in [6.07, 6.45) is -1.09. The van der Waals surface area contributed by atoms with Crippen molar-refractivity contribution in [3.8, 4) is 17.1 Å². The average molecular weight is 486 g/mol. The highest BCUT2D eigenvalue weighted by Crippen LogP contribution is 2.36. The fourth-order valence-electron chi connectivity index (χ4n) is 3.24. The van der Waals surface area contributed by atoms with Crippen LogP contribution in [0.15, 0.2) is 69.9 Å². The van der Waals surface area contributed by atoms with Crippen molar-refractivity contribution in [1.82, 2.24) is 0 Å². The van der Waals surface area contributed by atoms with Gasteiger partial charge in [0, 0.05) is 16.3 Å². The predicted molar refractivity (Wildman–Crippen MR) is 128 cm³/mol. The van der Waals surface area contributed by atoms with E-state index in [1.54, 1.807) is 37.3 Å². The van der Waals surface area contributed by atoms with Crippen LogP contribution < -0.4 is 15.5 Å². The summed E-state index contributed by atoms with van der Waals surface area (Å²) < 4.78 is 25.0. The molecular formula is C25H18Cl2FNO4. The highest BCUT2D eigenvalue weighted by atomic mass is 35.5. The Morgan fingerprint density at radius 3 is 2.45 bits per heavy atom. The van der Waals surface area contributed by atoms with Gasteiger partial charge in [0.2, 0.25) is 11.2 Å². The Kier molecular flexibility index (Phi) is 6.40. The van der Waals surface area contributed by atoms with Crippen LogP contribution in [0.3, 0.4) is 0 Å². The molecule has 168 valence electrons. The highest BCUT2D eigenvalue weighted by molar-refractivity contribution is 6.33. The molecule has 1 atom stereocenters. The van der Waals surface area contributed by atoms with Crippen molar-refractivity contribution in [2.75, 3.05) is 5.32 Å². The minimum absolute atomic E-state index is 0.0984. The highest BCUT2D eigenvalue weighted by Gasteiger charge is 2.24. The normalized spacial score (nSPS) is 11.9. The Labute approximate surface area is 198 Å². The van der Waals surface area contributed by atoms with E-state index in [2.05, 4.69) is 5.32 Å². The Morgan fingerprint density at radius 2 is 1.76 bits per heavy atom. The Balaban J connectivity index is 1.78. The van der Waals surface area contributed by atoms with Crippen molar-refractivity contribution in [1.29, 1.82) is 0 Å². The van der Waals surface area contributed by atoms with Crippen molar-refractivity contribution in [3.05, 3.63) is 92.3 Å². The molecule has 0 fully saturated rings. The number of hydrogen-bond acceptors (Lipinski definition) is 4. The maximum Gasteiger partial charge on any atom is 0.265 e. The van der Waals surface area contributed by atoms with Crippen LogP contribution in [0.1, 0.15) is 12.5 Å². The third kappa shape index (κ3) is 4.72. The van der Waals surface area contributed by atoms with E-state index >= 15 is 0 Å². The van der Waals surface area contributed by atoms with Gasteiger partial charge in [0.1, 0.15) is 11.4 Å². The van der Waals surface area contributed by atoms with Crippen LogP contribution in [0.2, 0.25) is 10.0 Å². The number of nitrogens with one attached hydrogen (secondary N) is 1. The molecule has 5 nitrogen and oxygen atoms in total. The van der Waals surface area contributed by atoms with Gasteiger partial charge in [-0.2, -0.15) is 0 Å². The summed E-state index contributed by atoms with van der Waals surface area (Å²) >= 11 is 12.6. The molecule has 0 saturated heterocycles. The Hall–Kier alpha value is -3.35. The van der Waals surface area contributed by atoms with Crippen LogP contribution in [0, 0.1) is 12.7 Å². The molecule has 0 aliphatic carbocycles. The number of anilines is 1. The lowest BCUT2D eigenvalue weighted by Gasteiger charge is -2.17. The van der Waals surface area contributed by atoms with E-state index in [1.807, 2.05) is 0 Å². The molecule has 0 aliphatic rings. The number of rotatable bonds is 5. The first-order chi connectivity index (χ1) is 15.7. The van der Waals surface area contributed by atoms with Gasteiger partial charge in [0.15, 0.2) is 11.9 Å². The van der Waals surface area contributed by atoms with Gasteiger partial charge in [0.05, 0.1) is 10.4 Å². The number of halogens is 3. The zero-order valence-corrected chi connectivity index (χ0v) is 19.1. The van der Waals surface area contributed by atoms with Crippen molar-refractivity contribution in [3.63, 3.8) is 0 Å². The lowest BCUT2D eigenvalue weighted by molar-refractivity contribution is -0.122. The summed E-state index contributed by atoms with van der Waals surface area (Å²) in [5.41, 5.74) is 1.38. The zero-order valence-electron chi connectivity index (χ0n) is 17.6. The third-order valence-corrected chi connectivity index (χ3v) is 5.76. The zero-order chi connectivity index (χ0) is 23.7. The molecule has 0 spiro atoms. The summed E-state index contributed by atoms with van der Waals surface area (Å²) in [5.74, 6) is -1.03. The van der Waals surface area contributed by atoms with E-state index in [0.717, 1.165) is 5.56 Å². The van der Waals surface area contributed by atoms with Crippen molar-refractivity contribution in [2.45, 2.75) is 20.0 Å². The maximum atomic E-state index is 13.4. The van der Waals surface area contributed by atoms with E-state index in [0.29, 0.717) is 26.9 Å². The quantitative estimate of drug-likeness (QED) is 0.344.